The lowest BCUT2D eigenvalue weighted by molar-refractivity contribution is -0.129. The van der Waals surface area contributed by atoms with Crippen LogP contribution in [0.2, 0.25) is 5.02 Å². The van der Waals surface area contributed by atoms with Crippen molar-refractivity contribution in [3.05, 3.63) is 69.7 Å². The molecule has 2 aromatic rings. The number of nitrogens with zero attached hydrogens (tertiary/aromatic N) is 3. The van der Waals surface area contributed by atoms with E-state index in [1.165, 1.54) is 11.8 Å². The Morgan fingerprint density at radius 3 is 2.76 bits per heavy atom. The summed E-state index contributed by atoms with van der Waals surface area (Å²) in [4.78, 5) is 16.9. The number of hydrogen-bond donors (Lipinski definition) is 0. The number of allylic oxidation sites excluding steroid dienone is 1. The largest absolute Gasteiger partial charge is 0.492 e. The number of rotatable bonds is 4. The van der Waals surface area contributed by atoms with E-state index >= 15 is 0 Å². The average Bonchev–Trinajstić information content (AvgIpc) is 2.74. The fraction of sp³-hybridized carbons (Fsp3) is 0.273. The zero-order valence-corrected chi connectivity index (χ0v) is 17.5. The van der Waals surface area contributed by atoms with Crippen molar-refractivity contribution in [3.63, 3.8) is 0 Å². The number of nitriles is 1. The van der Waals surface area contributed by atoms with E-state index in [0.717, 1.165) is 22.0 Å². The highest BCUT2D eigenvalue weighted by molar-refractivity contribution is 8.03. The van der Waals surface area contributed by atoms with Crippen LogP contribution in [0.3, 0.4) is 0 Å². The summed E-state index contributed by atoms with van der Waals surface area (Å²) < 4.78 is 5.75. The van der Waals surface area contributed by atoms with Crippen molar-refractivity contribution < 1.29 is 9.53 Å². The lowest BCUT2D eigenvalue weighted by Gasteiger charge is -2.42. The van der Waals surface area contributed by atoms with Gasteiger partial charge in [0.25, 0.3) is 0 Å². The third-order valence-electron chi connectivity index (χ3n) is 5.08. The Kier molecular flexibility index (Phi) is 5.70. The Hall–Kier alpha value is -2.62. The molecular formula is C22H20ClN3O2S. The molecule has 4 rings (SSSR count). The van der Waals surface area contributed by atoms with Crippen molar-refractivity contribution in [3.8, 4) is 11.8 Å². The molecule has 0 spiro atoms. The number of para-hydroxylation sites is 2. The number of carbonyl (C=O) groups excluding carboxylic acids is 1. The molecule has 0 bridgehead atoms. The first-order chi connectivity index (χ1) is 14.1. The maximum absolute atomic E-state index is 13.0. The second-order valence-corrected chi connectivity index (χ2v) is 8.13. The maximum Gasteiger partial charge on any atom is 0.229 e. The molecule has 0 radical (unpaired) electrons. The Balaban J connectivity index is 1.68. The molecule has 1 fully saturated rings. The number of amides is 1. The highest BCUT2D eigenvalue weighted by Gasteiger charge is 2.39. The summed E-state index contributed by atoms with van der Waals surface area (Å²) in [6, 6.07) is 17.6. The predicted octanol–water partition coefficient (Wildman–Crippen LogP) is 4.96. The Bertz CT molecular complexity index is 1020. The van der Waals surface area contributed by atoms with Gasteiger partial charge in [-0.2, -0.15) is 5.26 Å². The zero-order chi connectivity index (χ0) is 20.4. The lowest BCUT2D eigenvalue weighted by atomic mass is 9.86. The number of benzene rings is 2. The van der Waals surface area contributed by atoms with Crippen LogP contribution in [0.15, 0.2) is 59.1 Å². The molecule has 0 aromatic heterocycles. The molecule has 5 nitrogen and oxygen atoms in total. The van der Waals surface area contributed by atoms with E-state index < -0.39 is 0 Å². The minimum atomic E-state index is -0.304. The number of anilines is 1. The molecule has 0 saturated carbocycles. The summed E-state index contributed by atoms with van der Waals surface area (Å²) in [5, 5.41) is 11.2. The minimum Gasteiger partial charge on any atom is -0.492 e. The van der Waals surface area contributed by atoms with E-state index in [2.05, 4.69) is 11.0 Å². The van der Waals surface area contributed by atoms with Crippen LogP contribution in [0.5, 0.6) is 5.75 Å². The molecule has 29 heavy (non-hydrogen) atoms. The van der Waals surface area contributed by atoms with Crippen LogP contribution in [-0.2, 0) is 4.79 Å². The number of hydrogen-bond acceptors (Lipinski definition) is 5. The molecule has 2 aliphatic heterocycles. The van der Waals surface area contributed by atoms with Gasteiger partial charge < -0.3 is 9.64 Å². The SMILES string of the molecule is CCOc1ccccc1N1CSC2=C(C#N)[C@H](c3ccccc3Cl)CC(=O)N2C1. The summed E-state index contributed by atoms with van der Waals surface area (Å²) in [5.74, 6) is 1.11. The second-order valence-electron chi connectivity index (χ2n) is 6.79. The zero-order valence-electron chi connectivity index (χ0n) is 16.0. The maximum atomic E-state index is 13.0. The van der Waals surface area contributed by atoms with Gasteiger partial charge in [-0.1, -0.05) is 53.7 Å². The normalized spacial score (nSPS) is 19.1. The molecule has 7 heteroatoms. The summed E-state index contributed by atoms with van der Waals surface area (Å²) >= 11 is 7.87. The van der Waals surface area contributed by atoms with Crippen molar-refractivity contribution >= 4 is 35.0 Å². The van der Waals surface area contributed by atoms with Gasteiger partial charge in [-0.25, -0.2) is 0 Å². The van der Waals surface area contributed by atoms with Gasteiger partial charge in [0.1, 0.15) is 5.75 Å². The average molecular weight is 426 g/mol. The van der Waals surface area contributed by atoms with Crippen molar-refractivity contribution in [1.82, 2.24) is 4.90 Å². The number of ether oxygens (including phenoxy) is 1. The molecule has 1 atom stereocenters. The van der Waals surface area contributed by atoms with Gasteiger partial charge in [-0.05, 0) is 30.7 Å². The first-order valence-electron chi connectivity index (χ1n) is 9.42. The number of fused-ring (bicyclic) bond motifs is 1. The standard InChI is InChI=1S/C22H20ClN3O2S/c1-2-28-20-10-6-5-9-19(20)25-13-26-21(27)11-16(15-7-3-4-8-18(15)23)17(12-24)22(26)29-14-25/h3-10,16H,2,11,13-14H2,1H3/t16-/m0/s1. The minimum absolute atomic E-state index is 0.00462. The van der Waals surface area contributed by atoms with Crippen LogP contribution in [0.1, 0.15) is 24.8 Å². The van der Waals surface area contributed by atoms with Gasteiger partial charge in [-0.3, -0.25) is 9.69 Å². The third-order valence-corrected chi connectivity index (χ3v) is 6.58. The third kappa shape index (κ3) is 3.68. The number of carbonyl (C=O) groups is 1. The first kappa shape index (κ1) is 19.7. The highest BCUT2D eigenvalue weighted by Crippen LogP contribution is 2.45. The molecule has 0 unspecified atom stereocenters. The van der Waals surface area contributed by atoms with Gasteiger partial charge in [0.05, 0.1) is 41.5 Å². The fourth-order valence-corrected chi connectivity index (χ4v) is 5.16. The highest BCUT2D eigenvalue weighted by atomic mass is 35.5. The smallest absolute Gasteiger partial charge is 0.229 e. The van der Waals surface area contributed by atoms with Gasteiger partial charge in [0.2, 0.25) is 5.91 Å². The second kappa shape index (κ2) is 8.40. The molecule has 0 N–H and O–H groups in total. The molecular weight excluding hydrogens is 406 g/mol. The van der Waals surface area contributed by atoms with Crippen molar-refractivity contribution in [2.45, 2.75) is 19.3 Å². The Morgan fingerprint density at radius 2 is 2.00 bits per heavy atom. The van der Waals surface area contributed by atoms with Crippen LogP contribution in [0, 0.1) is 11.3 Å². The Labute approximate surface area is 179 Å². The van der Waals surface area contributed by atoms with Gasteiger partial charge in [-0.15, -0.1) is 0 Å². The summed E-state index contributed by atoms with van der Waals surface area (Å²) in [6.45, 7) is 2.92. The first-order valence-corrected chi connectivity index (χ1v) is 10.8. The van der Waals surface area contributed by atoms with Crippen molar-refractivity contribution in [2.75, 3.05) is 24.1 Å². The van der Waals surface area contributed by atoms with E-state index in [1.807, 2.05) is 49.4 Å². The van der Waals surface area contributed by atoms with Crippen LogP contribution in [0.25, 0.3) is 0 Å². The predicted molar refractivity (Wildman–Crippen MR) is 116 cm³/mol. The molecule has 1 amide bonds. The van der Waals surface area contributed by atoms with Crippen molar-refractivity contribution in [1.29, 1.82) is 5.26 Å². The van der Waals surface area contributed by atoms with E-state index in [1.54, 1.807) is 11.0 Å². The van der Waals surface area contributed by atoms with E-state index in [4.69, 9.17) is 16.3 Å². The van der Waals surface area contributed by atoms with Crippen LogP contribution >= 0.6 is 23.4 Å². The van der Waals surface area contributed by atoms with Gasteiger partial charge in [0, 0.05) is 17.4 Å². The molecule has 0 aliphatic carbocycles. The summed E-state index contributed by atoms with van der Waals surface area (Å²) in [6.07, 6.45) is 0.234. The van der Waals surface area contributed by atoms with E-state index in [-0.39, 0.29) is 18.2 Å². The van der Waals surface area contributed by atoms with Gasteiger partial charge in [0.15, 0.2) is 0 Å². The molecule has 2 heterocycles. The molecule has 1 saturated heterocycles. The lowest BCUT2D eigenvalue weighted by Crippen LogP contribution is -2.47. The molecule has 2 aliphatic rings. The monoisotopic (exact) mass is 425 g/mol. The number of thioether (sulfide) groups is 1. The van der Waals surface area contributed by atoms with Crippen LogP contribution in [0.4, 0.5) is 5.69 Å². The molecule has 2 aromatic carbocycles. The van der Waals surface area contributed by atoms with E-state index in [0.29, 0.717) is 29.7 Å². The quantitative estimate of drug-likeness (QED) is 0.693. The van der Waals surface area contributed by atoms with E-state index in [9.17, 15) is 10.1 Å². The van der Waals surface area contributed by atoms with Crippen LogP contribution < -0.4 is 9.64 Å². The topological polar surface area (TPSA) is 56.6 Å². The van der Waals surface area contributed by atoms with Crippen LogP contribution in [-0.4, -0.2) is 30.0 Å². The number of halogens is 1. The molecule has 148 valence electrons. The fourth-order valence-electron chi connectivity index (χ4n) is 3.73. The Morgan fingerprint density at radius 1 is 1.24 bits per heavy atom. The van der Waals surface area contributed by atoms with Gasteiger partial charge >= 0.3 is 0 Å². The van der Waals surface area contributed by atoms with Crippen molar-refractivity contribution in [2.24, 2.45) is 0 Å². The summed E-state index contributed by atoms with van der Waals surface area (Å²) in [5.41, 5.74) is 2.39. The summed E-state index contributed by atoms with van der Waals surface area (Å²) in [7, 11) is 0.